The second-order valence-electron chi connectivity index (χ2n) is 7.48. The molecule has 2 aromatic rings. The third-order valence-corrected chi connectivity index (χ3v) is 6.36. The van der Waals surface area contributed by atoms with Gasteiger partial charge in [-0.1, -0.05) is 24.3 Å². The van der Waals surface area contributed by atoms with Gasteiger partial charge in [-0.25, -0.2) is 0 Å². The van der Waals surface area contributed by atoms with Crippen LogP contribution in [0.15, 0.2) is 36.4 Å². The van der Waals surface area contributed by atoms with Gasteiger partial charge in [-0.2, -0.15) is 0 Å². The number of hydrogen-bond acceptors (Lipinski definition) is 4. The van der Waals surface area contributed by atoms with Crippen LogP contribution in [0.2, 0.25) is 0 Å². The first-order valence-electron chi connectivity index (χ1n) is 8.96. The number of anilines is 2. The van der Waals surface area contributed by atoms with Crippen LogP contribution in [0.1, 0.15) is 26.2 Å². The molecule has 1 saturated carbocycles. The maximum absolute atomic E-state index is 13.5. The van der Waals surface area contributed by atoms with E-state index in [0.717, 1.165) is 42.1 Å². The fourth-order valence-corrected chi connectivity index (χ4v) is 4.91. The van der Waals surface area contributed by atoms with E-state index < -0.39 is 5.54 Å². The molecular formula is C20H23N3O3. The van der Waals surface area contributed by atoms with Crippen molar-refractivity contribution < 1.29 is 14.8 Å². The molecule has 2 N–H and O–H groups in total. The van der Waals surface area contributed by atoms with Crippen LogP contribution < -0.4 is 10.4 Å². The van der Waals surface area contributed by atoms with Crippen LogP contribution >= 0.6 is 0 Å². The zero-order valence-corrected chi connectivity index (χ0v) is 15.0. The van der Waals surface area contributed by atoms with Gasteiger partial charge >= 0.3 is 0 Å². The van der Waals surface area contributed by atoms with E-state index in [1.54, 1.807) is 22.9 Å². The third-order valence-electron chi connectivity index (χ3n) is 6.36. The van der Waals surface area contributed by atoms with Crippen LogP contribution in [-0.2, 0) is 9.59 Å². The Kier molecular flexibility index (Phi) is 3.88. The second kappa shape index (κ2) is 5.99. The summed E-state index contributed by atoms with van der Waals surface area (Å²) in [5, 5.41) is 11.0. The summed E-state index contributed by atoms with van der Waals surface area (Å²) in [6.07, 6.45) is 3.71. The van der Waals surface area contributed by atoms with Crippen molar-refractivity contribution >= 4 is 34.5 Å². The lowest BCUT2D eigenvalue weighted by Crippen LogP contribution is -2.60. The number of rotatable bonds is 4. The summed E-state index contributed by atoms with van der Waals surface area (Å²) < 4.78 is 0. The Morgan fingerprint density at radius 2 is 2.00 bits per heavy atom. The molecule has 1 aliphatic carbocycles. The monoisotopic (exact) mass is 353 g/mol. The molecule has 1 aliphatic heterocycles. The number of hydrogen-bond donors (Lipinski definition) is 2. The van der Waals surface area contributed by atoms with Crippen molar-refractivity contribution in [1.29, 1.82) is 0 Å². The van der Waals surface area contributed by atoms with Gasteiger partial charge in [0.1, 0.15) is 5.54 Å². The van der Waals surface area contributed by atoms with E-state index in [1.165, 1.54) is 0 Å². The zero-order chi connectivity index (χ0) is 18.5. The summed E-state index contributed by atoms with van der Waals surface area (Å²) in [6.45, 7) is 1.90. The second-order valence-corrected chi connectivity index (χ2v) is 7.48. The van der Waals surface area contributed by atoms with Crippen LogP contribution in [0.5, 0.6) is 0 Å². The predicted octanol–water partition coefficient (Wildman–Crippen LogP) is 3.00. The zero-order valence-electron chi connectivity index (χ0n) is 15.0. The van der Waals surface area contributed by atoms with E-state index in [4.69, 9.17) is 0 Å². The van der Waals surface area contributed by atoms with Gasteiger partial charge < -0.3 is 9.80 Å². The first-order valence-corrected chi connectivity index (χ1v) is 8.96. The third kappa shape index (κ3) is 2.15. The molecule has 2 aliphatic rings. The molecule has 6 heteroatoms. The van der Waals surface area contributed by atoms with Gasteiger partial charge in [-0.15, -0.1) is 0 Å². The maximum atomic E-state index is 13.5. The quantitative estimate of drug-likeness (QED) is 0.655. The summed E-state index contributed by atoms with van der Waals surface area (Å²) >= 11 is 0. The predicted molar refractivity (Wildman–Crippen MR) is 100 cm³/mol. The molecular weight excluding hydrogens is 330 g/mol. The number of nitrogens with zero attached hydrogens (tertiary/aromatic N) is 2. The first-order chi connectivity index (χ1) is 12.5. The highest BCUT2D eigenvalue weighted by Crippen LogP contribution is 2.49. The van der Waals surface area contributed by atoms with Gasteiger partial charge in [0.2, 0.25) is 6.41 Å². The Hall–Kier alpha value is -2.60. The van der Waals surface area contributed by atoms with Crippen molar-refractivity contribution in [2.75, 3.05) is 17.4 Å². The number of carbonyl (C=O) groups is 2. The number of fused-ring (bicyclic) bond motifs is 3. The standard InChI is InChI=1S/C20H23N3O3/c1-20(13-7-8-14(11-13)23(20)12-24)19(25)22(2)18-10-9-17(21-26)15-5-3-4-6-16(15)18/h3-6,9-10,12-14,21,26H,7-8,11H2,1-2H3/t13-,14+,20+/m0/s1. The molecule has 0 radical (unpaired) electrons. The Morgan fingerprint density at radius 3 is 2.69 bits per heavy atom. The molecule has 6 nitrogen and oxygen atoms in total. The molecule has 26 heavy (non-hydrogen) atoms. The lowest BCUT2D eigenvalue weighted by atomic mass is 9.83. The number of likely N-dealkylation sites (tertiary alicyclic amines) is 1. The van der Waals surface area contributed by atoms with Crippen molar-refractivity contribution in [2.45, 2.75) is 37.8 Å². The molecule has 2 bridgehead atoms. The smallest absolute Gasteiger partial charge is 0.252 e. The van der Waals surface area contributed by atoms with Gasteiger partial charge in [0.15, 0.2) is 0 Å². The van der Waals surface area contributed by atoms with Crippen LogP contribution in [0.4, 0.5) is 11.4 Å². The van der Waals surface area contributed by atoms with E-state index in [-0.39, 0.29) is 17.9 Å². The van der Waals surface area contributed by atoms with Gasteiger partial charge in [0, 0.05) is 23.9 Å². The first kappa shape index (κ1) is 16.8. The number of carbonyl (C=O) groups excluding carboxylic acids is 2. The van der Waals surface area contributed by atoms with Gasteiger partial charge in [0.25, 0.3) is 5.91 Å². The number of nitrogens with one attached hydrogen (secondary N) is 1. The largest absolute Gasteiger partial charge is 0.328 e. The molecule has 2 aromatic carbocycles. The Labute approximate surface area is 152 Å². The summed E-state index contributed by atoms with van der Waals surface area (Å²) in [6, 6.07) is 11.4. The topological polar surface area (TPSA) is 72.9 Å². The van der Waals surface area contributed by atoms with E-state index in [1.807, 2.05) is 37.3 Å². The molecule has 3 atom stereocenters. The highest BCUT2D eigenvalue weighted by molar-refractivity contribution is 6.10. The lowest BCUT2D eigenvalue weighted by Gasteiger charge is -2.43. The normalized spacial score (nSPS) is 27.0. The van der Waals surface area contributed by atoms with Gasteiger partial charge in [-0.05, 0) is 44.2 Å². The molecule has 0 spiro atoms. The van der Waals surface area contributed by atoms with Gasteiger partial charge in [0.05, 0.1) is 11.4 Å². The highest BCUT2D eigenvalue weighted by atomic mass is 16.5. The van der Waals surface area contributed by atoms with Crippen LogP contribution in [0.3, 0.4) is 0 Å². The van der Waals surface area contributed by atoms with Crippen LogP contribution in [0, 0.1) is 5.92 Å². The van der Waals surface area contributed by atoms with E-state index in [2.05, 4.69) is 5.48 Å². The number of piperidine rings is 1. The van der Waals surface area contributed by atoms with E-state index in [9.17, 15) is 14.8 Å². The summed E-state index contributed by atoms with van der Waals surface area (Å²) in [5.74, 6) is 0.143. The fourth-order valence-electron chi connectivity index (χ4n) is 4.91. The average molecular weight is 353 g/mol. The molecule has 1 heterocycles. The Bertz CT molecular complexity index is 884. The maximum Gasteiger partial charge on any atom is 0.252 e. The lowest BCUT2D eigenvalue weighted by molar-refractivity contribution is -0.140. The minimum absolute atomic E-state index is 0.0633. The molecule has 0 aromatic heterocycles. The number of benzene rings is 2. The van der Waals surface area contributed by atoms with E-state index >= 15 is 0 Å². The van der Waals surface area contributed by atoms with Crippen LogP contribution in [-0.4, -0.2) is 41.1 Å². The van der Waals surface area contributed by atoms with Crippen molar-refractivity contribution in [3.8, 4) is 0 Å². The Morgan fingerprint density at radius 1 is 1.27 bits per heavy atom. The van der Waals surface area contributed by atoms with Crippen LogP contribution in [0.25, 0.3) is 10.8 Å². The summed E-state index contributed by atoms with van der Waals surface area (Å²) in [4.78, 5) is 28.6. The van der Waals surface area contributed by atoms with Crippen molar-refractivity contribution in [3.63, 3.8) is 0 Å². The molecule has 4 rings (SSSR count). The molecule has 0 unspecified atom stereocenters. The minimum Gasteiger partial charge on any atom is -0.328 e. The summed E-state index contributed by atoms with van der Waals surface area (Å²) in [5.41, 5.74) is 2.76. The SMILES string of the molecule is CN(C(=O)[C@@]1(C)[C@H]2CC[C@H](C2)N1C=O)c1ccc(NO)c2ccccc12. The minimum atomic E-state index is -0.797. The molecule has 136 valence electrons. The molecule has 2 amide bonds. The average Bonchev–Trinajstić information content (AvgIpc) is 3.26. The van der Waals surface area contributed by atoms with E-state index in [0.29, 0.717) is 5.69 Å². The number of likely N-dealkylation sites (N-methyl/N-ethyl adjacent to an activating group) is 1. The molecule has 2 fully saturated rings. The highest BCUT2D eigenvalue weighted by Gasteiger charge is 2.58. The van der Waals surface area contributed by atoms with Crippen molar-refractivity contribution in [2.24, 2.45) is 5.92 Å². The van der Waals surface area contributed by atoms with Crippen molar-refractivity contribution in [3.05, 3.63) is 36.4 Å². The number of amides is 2. The Balaban J connectivity index is 1.77. The summed E-state index contributed by atoms with van der Waals surface area (Å²) in [7, 11) is 1.76. The fraction of sp³-hybridized carbons (Fsp3) is 0.400. The molecule has 1 saturated heterocycles. The van der Waals surface area contributed by atoms with Gasteiger partial charge in [-0.3, -0.25) is 20.3 Å². The van der Waals surface area contributed by atoms with Crippen molar-refractivity contribution in [1.82, 2.24) is 4.90 Å².